The van der Waals surface area contributed by atoms with E-state index in [2.05, 4.69) is 6.92 Å². The Morgan fingerprint density at radius 1 is 0.625 bits per heavy atom. The number of hydrogen-bond acceptors (Lipinski definition) is 5. The molecule has 0 amide bonds. The van der Waals surface area contributed by atoms with Gasteiger partial charge in [0, 0.05) is 7.11 Å². The van der Waals surface area contributed by atoms with Crippen LogP contribution in [0.4, 0.5) is 0 Å². The average molecular weight is 449 g/mol. The lowest BCUT2D eigenvalue weighted by Gasteiger charge is -2.37. The summed E-state index contributed by atoms with van der Waals surface area (Å²) < 4.78 is 27.6. The van der Waals surface area contributed by atoms with Gasteiger partial charge in [-0.15, -0.1) is 0 Å². The SMILES string of the molecule is COCCOCCOCCOc1ccc(OCC2CCC(C3CCC(C)CC3)CC2)cc1. The molecular formula is C27H44O5. The molecule has 0 N–H and O–H groups in total. The highest BCUT2D eigenvalue weighted by Gasteiger charge is 2.30. The summed E-state index contributed by atoms with van der Waals surface area (Å²) in [6, 6.07) is 7.97. The van der Waals surface area contributed by atoms with Gasteiger partial charge in [-0.25, -0.2) is 0 Å². The second kappa shape index (κ2) is 14.8. The van der Waals surface area contributed by atoms with Crippen molar-refractivity contribution in [3.8, 4) is 11.5 Å². The Bertz CT molecular complexity index is 589. The van der Waals surface area contributed by atoms with E-state index in [1.54, 1.807) is 7.11 Å². The van der Waals surface area contributed by atoms with Crippen LogP contribution in [-0.4, -0.2) is 53.4 Å². The first-order valence-electron chi connectivity index (χ1n) is 12.7. The van der Waals surface area contributed by atoms with Gasteiger partial charge in [-0.3, -0.25) is 0 Å². The molecule has 5 nitrogen and oxygen atoms in total. The number of benzene rings is 1. The minimum atomic E-state index is 0.529. The molecule has 0 atom stereocenters. The summed E-state index contributed by atoms with van der Waals surface area (Å²) in [6.07, 6.45) is 11.3. The van der Waals surface area contributed by atoms with Gasteiger partial charge in [0.1, 0.15) is 18.1 Å². The highest BCUT2D eigenvalue weighted by atomic mass is 16.6. The molecule has 0 radical (unpaired) electrons. The molecule has 0 spiro atoms. The van der Waals surface area contributed by atoms with E-state index in [1.165, 1.54) is 51.4 Å². The number of ether oxygens (including phenoxy) is 5. The van der Waals surface area contributed by atoms with Crippen LogP contribution >= 0.6 is 0 Å². The van der Waals surface area contributed by atoms with Gasteiger partial charge < -0.3 is 23.7 Å². The number of rotatable bonds is 14. The standard InChI is InChI=1S/C27H44O5/c1-22-3-7-24(8-4-22)25-9-5-23(6-10-25)21-32-27-13-11-26(12-14-27)31-20-19-30-18-17-29-16-15-28-2/h11-14,22-25H,3-10,15-21H2,1-2H3. The third-order valence-electron chi connectivity index (χ3n) is 7.23. The topological polar surface area (TPSA) is 46.2 Å². The highest BCUT2D eigenvalue weighted by Crippen LogP contribution is 2.41. The maximum atomic E-state index is 6.09. The van der Waals surface area contributed by atoms with Crippen molar-refractivity contribution >= 4 is 0 Å². The lowest BCUT2D eigenvalue weighted by molar-refractivity contribution is 0.0179. The molecule has 3 rings (SSSR count). The minimum absolute atomic E-state index is 0.529. The Labute approximate surface area is 195 Å². The average Bonchev–Trinajstić information content (AvgIpc) is 2.83. The van der Waals surface area contributed by atoms with Gasteiger partial charge in [-0.2, -0.15) is 0 Å². The fraction of sp³-hybridized carbons (Fsp3) is 0.778. The third kappa shape index (κ3) is 9.29. The van der Waals surface area contributed by atoms with Crippen LogP contribution in [-0.2, 0) is 14.2 Å². The minimum Gasteiger partial charge on any atom is -0.493 e. The van der Waals surface area contributed by atoms with Gasteiger partial charge >= 0.3 is 0 Å². The summed E-state index contributed by atoms with van der Waals surface area (Å²) in [5.41, 5.74) is 0. The Kier molecular flexibility index (Phi) is 11.7. The summed E-state index contributed by atoms with van der Waals surface area (Å²) >= 11 is 0. The van der Waals surface area contributed by atoms with Crippen molar-refractivity contribution in [2.24, 2.45) is 23.7 Å². The summed E-state index contributed by atoms with van der Waals surface area (Å²) in [6.45, 7) is 6.71. The molecule has 5 heteroatoms. The molecule has 2 aliphatic carbocycles. The lowest BCUT2D eigenvalue weighted by Crippen LogP contribution is -2.27. The molecule has 0 bridgehead atoms. The maximum Gasteiger partial charge on any atom is 0.119 e. The van der Waals surface area contributed by atoms with E-state index < -0.39 is 0 Å². The normalized spacial score (nSPS) is 26.1. The molecule has 2 fully saturated rings. The summed E-state index contributed by atoms with van der Waals surface area (Å²) in [4.78, 5) is 0. The van der Waals surface area contributed by atoms with Gasteiger partial charge in [0.25, 0.3) is 0 Å². The zero-order valence-corrected chi connectivity index (χ0v) is 20.3. The van der Waals surface area contributed by atoms with E-state index >= 15 is 0 Å². The van der Waals surface area contributed by atoms with E-state index in [9.17, 15) is 0 Å². The predicted octanol–water partition coefficient (Wildman–Crippen LogP) is 5.76. The van der Waals surface area contributed by atoms with Crippen molar-refractivity contribution in [3.05, 3.63) is 24.3 Å². The first kappa shape index (κ1) is 25.3. The van der Waals surface area contributed by atoms with Crippen molar-refractivity contribution in [1.82, 2.24) is 0 Å². The molecule has 182 valence electrons. The van der Waals surface area contributed by atoms with Crippen LogP contribution in [0.5, 0.6) is 11.5 Å². The van der Waals surface area contributed by atoms with Crippen LogP contribution < -0.4 is 9.47 Å². The molecule has 1 aromatic rings. The second-order valence-electron chi connectivity index (χ2n) is 9.65. The molecule has 0 saturated heterocycles. The predicted molar refractivity (Wildman–Crippen MR) is 128 cm³/mol. The van der Waals surface area contributed by atoms with Crippen molar-refractivity contribution in [1.29, 1.82) is 0 Å². The highest BCUT2D eigenvalue weighted by molar-refractivity contribution is 5.31. The van der Waals surface area contributed by atoms with Crippen LogP contribution in [0, 0.1) is 23.7 Å². The van der Waals surface area contributed by atoms with E-state index in [4.69, 9.17) is 23.7 Å². The van der Waals surface area contributed by atoms with Crippen molar-refractivity contribution < 1.29 is 23.7 Å². The van der Waals surface area contributed by atoms with Crippen LogP contribution in [0.1, 0.15) is 58.3 Å². The zero-order valence-electron chi connectivity index (χ0n) is 20.3. The molecule has 0 heterocycles. The fourth-order valence-electron chi connectivity index (χ4n) is 5.11. The molecule has 1 aromatic carbocycles. The van der Waals surface area contributed by atoms with Crippen molar-refractivity contribution in [2.45, 2.75) is 58.3 Å². The second-order valence-corrected chi connectivity index (χ2v) is 9.65. The third-order valence-corrected chi connectivity index (χ3v) is 7.23. The van der Waals surface area contributed by atoms with E-state index in [0.717, 1.165) is 35.9 Å². The molecule has 32 heavy (non-hydrogen) atoms. The Morgan fingerprint density at radius 3 is 1.72 bits per heavy atom. The molecule has 2 saturated carbocycles. The smallest absolute Gasteiger partial charge is 0.119 e. The Balaban J connectivity index is 1.22. The zero-order chi connectivity index (χ0) is 22.4. The van der Waals surface area contributed by atoms with Crippen LogP contribution in [0.2, 0.25) is 0 Å². The number of methoxy groups -OCH3 is 1. The maximum absolute atomic E-state index is 6.09. The summed E-state index contributed by atoms with van der Waals surface area (Å²) in [5.74, 6) is 5.42. The van der Waals surface area contributed by atoms with Gasteiger partial charge in [-0.05, 0) is 86.5 Å². The van der Waals surface area contributed by atoms with E-state index in [1.807, 2.05) is 24.3 Å². The van der Waals surface area contributed by atoms with E-state index in [0.29, 0.717) is 45.6 Å². The summed E-state index contributed by atoms with van der Waals surface area (Å²) in [7, 11) is 1.67. The molecular weight excluding hydrogens is 404 g/mol. The van der Waals surface area contributed by atoms with Crippen LogP contribution in [0.25, 0.3) is 0 Å². The molecule has 0 aromatic heterocycles. The van der Waals surface area contributed by atoms with Gasteiger partial charge in [0.2, 0.25) is 0 Å². The van der Waals surface area contributed by atoms with Crippen molar-refractivity contribution in [3.63, 3.8) is 0 Å². The summed E-state index contributed by atoms with van der Waals surface area (Å²) in [5, 5.41) is 0. The molecule has 0 aliphatic heterocycles. The fourth-order valence-corrected chi connectivity index (χ4v) is 5.11. The van der Waals surface area contributed by atoms with Gasteiger partial charge in [-0.1, -0.05) is 19.8 Å². The van der Waals surface area contributed by atoms with Crippen LogP contribution in [0.15, 0.2) is 24.3 Å². The van der Waals surface area contributed by atoms with Gasteiger partial charge in [0.05, 0.1) is 39.6 Å². The quantitative estimate of drug-likeness (QED) is 0.339. The molecule has 0 unspecified atom stereocenters. The molecule has 2 aliphatic rings. The van der Waals surface area contributed by atoms with Gasteiger partial charge in [0.15, 0.2) is 0 Å². The monoisotopic (exact) mass is 448 g/mol. The number of hydrogen-bond donors (Lipinski definition) is 0. The first-order valence-corrected chi connectivity index (χ1v) is 12.7. The Morgan fingerprint density at radius 2 is 1.12 bits per heavy atom. The Hall–Kier alpha value is -1.30. The van der Waals surface area contributed by atoms with Crippen LogP contribution in [0.3, 0.4) is 0 Å². The van der Waals surface area contributed by atoms with Crippen molar-refractivity contribution in [2.75, 3.05) is 53.4 Å². The first-order chi connectivity index (χ1) is 15.7. The van der Waals surface area contributed by atoms with E-state index in [-0.39, 0.29) is 0 Å². The largest absolute Gasteiger partial charge is 0.493 e. The lowest BCUT2D eigenvalue weighted by atomic mass is 9.69.